The van der Waals surface area contributed by atoms with Crippen molar-refractivity contribution < 1.29 is 4.79 Å². The van der Waals surface area contributed by atoms with Crippen LogP contribution in [0.15, 0.2) is 54.6 Å². The molecule has 0 saturated heterocycles. The van der Waals surface area contributed by atoms with Crippen molar-refractivity contribution in [3.8, 4) is 0 Å². The van der Waals surface area contributed by atoms with E-state index in [1.807, 2.05) is 24.3 Å². The van der Waals surface area contributed by atoms with Crippen LogP contribution in [0.2, 0.25) is 0 Å². The van der Waals surface area contributed by atoms with Gasteiger partial charge in [-0.2, -0.15) is 0 Å². The first-order valence-electron chi connectivity index (χ1n) is 6.99. The van der Waals surface area contributed by atoms with Gasteiger partial charge in [0.15, 0.2) is 5.78 Å². The molecular formula is C18H16O. The summed E-state index contributed by atoms with van der Waals surface area (Å²) in [6.45, 7) is 0. The quantitative estimate of drug-likeness (QED) is 0.745. The average Bonchev–Trinajstić information content (AvgIpc) is 3.20. The summed E-state index contributed by atoms with van der Waals surface area (Å²) in [5.74, 6) is 0.817. The minimum atomic E-state index is -0.0876. The van der Waals surface area contributed by atoms with Gasteiger partial charge in [-0.3, -0.25) is 4.79 Å². The van der Waals surface area contributed by atoms with Crippen LogP contribution in [0.5, 0.6) is 0 Å². The maximum absolute atomic E-state index is 12.8. The van der Waals surface area contributed by atoms with Gasteiger partial charge in [-0.1, -0.05) is 54.6 Å². The number of benzene rings is 2. The summed E-state index contributed by atoms with van der Waals surface area (Å²) >= 11 is 0. The highest BCUT2D eigenvalue weighted by Crippen LogP contribution is 2.64. The summed E-state index contributed by atoms with van der Waals surface area (Å²) in [6, 6.07) is 18.6. The largest absolute Gasteiger partial charge is 0.294 e. The first-order valence-corrected chi connectivity index (χ1v) is 6.99. The van der Waals surface area contributed by atoms with Gasteiger partial charge >= 0.3 is 0 Å². The molecule has 0 aliphatic heterocycles. The summed E-state index contributed by atoms with van der Waals surface area (Å²) in [6.07, 6.45) is 3.10. The summed E-state index contributed by atoms with van der Waals surface area (Å²) in [5.41, 5.74) is 3.44. The highest BCUT2D eigenvalue weighted by Gasteiger charge is 2.60. The zero-order valence-corrected chi connectivity index (χ0v) is 10.8. The van der Waals surface area contributed by atoms with E-state index in [-0.39, 0.29) is 5.41 Å². The van der Waals surface area contributed by atoms with E-state index in [1.165, 1.54) is 11.1 Å². The lowest BCUT2D eigenvalue weighted by atomic mass is 9.78. The van der Waals surface area contributed by atoms with Crippen LogP contribution in [0.3, 0.4) is 0 Å². The molecule has 2 aromatic carbocycles. The summed E-state index contributed by atoms with van der Waals surface area (Å²) in [5, 5.41) is 0. The Morgan fingerprint density at radius 2 is 1.68 bits per heavy atom. The van der Waals surface area contributed by atoms with E-state index in [1.54, 1.807) is 0 Å². The predicted molar refractivity (Wildman–Crippen MR) is 75.3 cm³/mol. The van der Waals surface area contributed by atoms with Crippen LogP contribution < -0.4 is 0 Å². The summed E-state index contributed by atoms with van der Waals surface area (Å²) in [4.78, 5) is 12.8. The molecule has 0 heterocycles. The van der Waals surface area contributed by atoms with Gasteiger partial charge in [0.2, 0.25) is 0 Å². The third kappa shape index (κ3) is 1.51. The fraction of sp³-hybridized carbons (Fsp3) is 0.278. The van der Waals surface area contributed by atoms with E-state index < -0.39 is 0 Å². The lowest BCUT2D eigenvalue weighted by Crippen LogP contribution is -2.25. The summed E-state index contributed by atoms with van der Waals surface area (Å²) in [7, 11) is 0. The minimum Gasteiger partial charge on any atom is -0.294 e. The summed E-state index contributed by atoms with van der Waals surface area (Å²) < 4.78 is 0. The van der Waals surface area contributed by atoms with Crippen LogP contribution in [0, 0.1) is 5.41 Å². The molecule has 0 bridgehead atoms. The maximum Gasteiger partial charge on any atom is 0.169 e. The molecule has 1 nitrogen and oxygen atoms in total. The lowest BCUT2D eigenvalue weighted by molar-refractivity contribution is 0.0874. The Bertz CT molecular complexity index is 644. The monoisotopic (exact) mass is 248 g/mol. The predicted octanol–water partition coefficient (Wildman–Crippen LogP) is 3.99. The second kappa shape index (κ2) is 3.80. The standard InChI is InChI=1S/C18H16O/c19-17-15-9-5-4-6-13(15)10-11-18(17)12-16(18)14-7-2-1-3-8-14/h1-9,16H,10-12H2. The molecule has 94 valence electrons. The zero-order chi connectivity index (χ0) is 12.9. The first-order chi connectivity index (χ1) is 9.31. The number of carbonyl (C=O) groups is 1. The number of aryl methyl sites for hydroxylation is 1. The Morgan fingerprint density at radius 1 is 0.947 bits per heavy atom. The van der Waals surface area contributed by atoms with Crippen molar-refractivity contribution in [1.82, 2.24) is 0 Å². The van der Waals surface area contributed by atoms with E-state index in [2.05, 4.69) is 30.3 Å². The minimum absolute atomic E-state index is 0.0876. The van der Waals surface area contributed by atoms with Gasteiger partial charge in [-0.15, -0.1) is 0 Å². The van der Waals surface area contributed by atoms with E-state index in [0.29, 0.717) is 11.7 Å². The maximum atomic E-state index is 12.8. The number of fused-ring (bicyclic) bond motifs is 1. The van der Waals surface area contributed by atoms with E-state index in [9.17, 15) is 4.79 Å². The molecule has 2 atom stereocenters. The van der Waals surface area contributed by atoms with Crippen LogP contribution in [0.25, 0.3) is 0 Å². The highest BCUT2D eigenvalue weighted by molar-refractivity contribution is 6.05. The van der Waals surface area contributed by atoms with Crippen molar-refractivity contribution in [2.24, 2.45) is 5.41 Å². The molecule has 1 heteroatoms. The van der Waals surface area contributed by atoms with Gasteiger partial charge in [0.05, 0.1) is 0 Å². The SMILES string of the molecule is O=C1c2ccccc2CCC12CC2c1ccccc1. The Morgan fingerprint density at radius 3 is 2.53 bits per heavy atom. The van der Waals surface area contributed by atoms with Gasteiger partial charge in [0.25, 0.3) is 0 Å². The number of hydrogen-bond donors (Lipinski definition) is 0. The molecule has 1 fully saturated rings. The number of rotatable bonds is 1. The number of Topliss-reactive ketones (excluding diaryl/α,β-unsaturated/α-hetero) is 1. The van der Waals surface area contributed by atoms with Crippen LogP contribution >= 0.6 is 0 Å². The number of carbonyl (C=O) groups excluding carboxylic acids is 1. The average molecular weight is 248 g/mol. The third-order valence-corrected chi connectivity index (χ3v) is 4.83. The smallest absolute Gasteiger partial charge is 0.169 e. The van der Waals surface area contributed by atoms with Gasteiger partial charge in [0, 0.05) is 11.0 Å². The van der Waals surface area contributed by atoms with Crippen molar-refractivity contribution in [1.29, 1.82) is 0 Å². The normalized spacial score (nSPS) is 28.2. The molecule has 1 saturated carbocycles. The van der Waals surface area contributed by atoms with Crippen LogP contribution in [-0.2, 0) is 6.42 Å². The molecule has 0 radical (unpaired) electrons. The molecule has 0 amide bonds. The molecule has 2 aromatic rings. The van der Waals surface area contributed by atoms with Crippen molar-refractivity contribution in [3.63, 3.8) is 0 Å². The fourth-order valence-corrected chi connectivity index (χ4v) is 3.65. The Balaban J connectivity index is 1.71. The molecule has 2 aliphatic rings. The van der Waals surface area contributed by atoms with Gasteiger partial charge in [-0.05, 0) is 36.3 Å². The molecule has 2 aliphatic carbocycles. The van der Waals surface area contributed by atoms with Gasteiger partial charge in [0.1, 0.15) is 0 Å². The van der Waals surface area contributed by atoms with Gasteiger partial charge < -0.3 is 0 Å². The third-order valence-electron chi connectivity index (χ3n) is 4.83. The van der Waals surface area contributed by atoms with E-state index in [0.717, 1.165) is 24.8 Å². The Kier molecular flexibility index (Phi) is 2.20. The zero-order valence-electron chi connectivity index (χ0n) is 10.8. The Labute approximate surface area is 113 Å². The highest BCUT2D eigenvalue weighted by atomic mass is 16.1. The molecule has 4 rings (SSSR count). The van der Waals surface area contributed by atoms with Crippen molar-refractivity contribution in [3.05, 3.63) is 71.3 Å². The lowest BCUT2D eigenvalue weighted by Gasteiger charge is -2.24. The van der Waals surface area contributed by atoms with Crippen molar-refractivity contribution in [2.45, 2.75) is 25.2 Å². The van der Waals surface area contributed by atoms with Gasteiger partial charge in [-0.25, -0.2) is 0 Å². The topological polar surface area (TPSA) is 17.1 Å². The molecule has 0 N–H and O–H groups in total. The van der Waals surface area contributed by atoms with Crippen LogP contribution in [0.4, 0.5) is 0 Å². The van der Waals surface area contributed by atoms with Crippen LogP contribution in [-0.4, -0.2) is 5.78 Å². The molecule has 2 unspecified atom stereocenters. The van der Waals surface area contributed by atoms with Crippen molar-refractivity contribution >= 4 is 5.78 Å². The second-order valence-corrected chi connectivity index (χ2v) is 5.81. The first kappa shape index (κ1) is 11.0. The molecule has 19 heavy (non-hydrogen) atoms. The molecule has 1 spiro atoms. The number of ketones is 1. The molecular weight excluding hydrogens is 232 g/mol. The number of hydrogen-bond acceptors (Lipinski definition) is 1. The molecule has 0 aromatic heterocycles. The van der Waals surface area contributed by atoms with Crippen molar-refractivity contribution in [2.75, 3.05) is 0 Å². The second-order valence-electron chi connectivity index (χ2n) is 5.81. The van der Waals surface area contributed by atoms with Crippen LogP contribution in [0.1, 0.15) is 40.2 Å². The van der Waals surface area contributed by atoms with E-state index in [4.69, 9.17) is 0 Å². The Hall–Kier alpha value is -1.89. The van der Waals surface area contributed by atoms with E-state index >= 15 is 0 Å². The fourth-order valence-electron chi connectivity index (χ4n) is 3.65.